The second-order valence-electron chi connectivity index (χ2n) is 7.59. The number of anilines is 1. The first-order chi connectivity index (χ1) is 14.2. The van der Waals surface area contributed by atoms with Crippen LogP contribution in [0.15, 0.2) is 42.5 Å². The van der Waals surface area contributed by atoms with Gasteiger partial charge >= 0.3 is 0 Å². The van der Waals surface area contributed by atoms with Crippen molar-refractivity contribution in [3.63, 3.8) is 0 Å². The van der Waals surface area contributed by atoms with E-state index in [9.17, 15) is 4.39 Å². The molecule has 4 rings (SSSR count). The first-order valence-corrected chi connectivity index (χ1v) is 11.2. The molecule has 1 fully saturated rings. The molecule has 0 spiro atoms. The zero-order chi connectivity index (χ0) is 20.2. The number of ether oxygens (including phenoxy) is 1. The van der Waals surface area contributed by atoms with E-state index in [0.29, 0.717) is 5.92 Å². The van der Waals surface area contributed by atoms with E-state index in [1.54, 1.807) is 23.5 Å². The largest absolute Gasteiger partial charge is 0.475 e. The van der Waals surface area contributed by atoms with Crippen LogP contribution in [0.25, 0.3) is 10.2 Å². The van der Waals surface area contributed by atoms with Crippen molar-refractivity contribution in [1.29, 1.82) is 0 Å². The molecule has 2 heterocycles. The number of piperidine rings is 1. The van der Waals surface area contributed by atoms with Gasteiger partial charge in [0.05, 0.1) is 10.2 Å². The standard InChI is InChI=1S/C23H28FN3OS/c1-3-5-21(28-18-10-8-17(24)9-11-18)27-14-12-16(13-15-27)19-6-4-7-20-22(19)26-23(25-2)29-20/h4,6-11,16,21H,3,5,12-15H2,1-2H3,(H,25,26). The van der Waals surface area contributed by atoms with Crippen LogP contribution < -0.4 is 10.1 Å². The number of halogens is 1. The van der Waals surface area contributed by atoms with Crippen LogP contribution in [0.4, 0.5) is 9.52 Å². The summed E-state index contributed by atoms with van der Waals surface area (Å²) in [5, 5.41) is 4.14. The number of hydrogen-bond donors (Lipinski definition) is 1. The molecule has 1 N–H and O–H groups in total. The van der Waals surface area contributed by atoms with Gasteiger partial charge in [-0.1, -0.05) is 36.8 Å². The predicted molar refractivity (Wildman–Crippen MR) is 118 cm³/mol. The van der Waals surface area contributed by atoms with Crippen LogP contribution in [0.5, 0.6) is 5.75 Å². The summed E-state index contributed by atoms with van der Waals surface area (Å²) >= 11 is 1.71. The van der Waals surface area contributed by atoms with Crippen molar-refractivity contribution in [2.24, 2.45) is 0 Å². The van der Waals surface area contributed by atoms with Gasteiger partial charge in [0.2, 0.25) is 0 Å². The summed E-state index contributed by atoms with van der Waals surface area (Å²) in [6, 6.07) is 12.9. The molecule has 0 bridgehead atoms. The molecule has 0 saturated carbocycles. The Hall–Kier alpha value is -2.18. The molecule has 3 aromatic rings. The van der Waals surface area contributed by atoms with Crippen LogP contribution in [0.1, 0.15) is 44.1 Å². The lowest BCUT2D eigenvalue weighted by Crippen LogP contribution is -2.44. The second-order valence-corrected chi connectivity index (χ2v) is 8.62. The summed E-state index contributed by atoms with van der Waals surface area (Å²) < 4.78 is 20.7. The average molecular weight is 414 g/mol. The second kappa shape index (κ2) is 9.09. The molecule has 1 aromatic heterocycles. The Morgan fingerprint density at radius 3 is 2.66 bits per heavy atom. The van der Waals surface area contributed by atoms with E-state index in [1.807, 2.05) is 7.05 Å². The Balaban J connectivity index is 1.45. The Morgan fingerprint density at radius 2 is 1.97 bits per heavy atom. The molecule has 0 aliphatic carbocycles. The number of likely N-dealkylation sites (tertiary alicyclic amines) is 1. The summed E-state index contributed by atoms with van der Waals surface area (Å²) in [5.74, 6) is 1.02. The van der Waals surface area contributed by atoms with Crippen molar-refractivity contribution in [3.8, 4) is 5.75 Å². The smallest absolute Gasteiger partial charge is 0.183 e. The number of nitrogens with one attached hydrogen (secondary N) is 1. The predicted octanol–water partition coefficient (Wildman–Crippen LogP) is 5.86. The minimum Gasteiger partial charge on any atom is -0.475 e. The molecule has 1 unspecified atom stereocenters. The maximum Gasteiger partial charge on any atom is 0.183 e. The number of thiazole rings is 1. The molecular formula is C23H28FN3OS. The SMILES string of the molecule is CCCC(Oc1ccc(F)cc1)N1CCC(c2cccc3sc(NC)nc23)CC1. The Labute approximate surface area is 175 Å². The quantitative estimate of drug-likeness (QED) is 0.526. The lowest BCUT2D eigenvalue weighted by atomic mass is 9.88. The number of rotatable bonds is 7. The van der Waals surface area contributed by atoms with Gasteiger partial charge in [-0.2, -0.15) is 0 Å². The van der Waals surface area contributed by atoms with E-state index in [0.717, 1.165) is 55.2 Å². The molecule has 1 aliphatic rings. The van der Waals surface area contributed by atoms with Gasteiger partial charge < -0.3 is 10.1 Å². The zero-order valence-corrected chi connectivity index (χ0v) is 17.8. The van der Waals surface area contributed by atoms with Crippen LogP contribution in [0, 0.1) is 5.82 Å². The summed E-state index contributed by atoms with van der Waals surface area (Å²) in [6.45, 7) is 4.17. The van der Waals surface area contributed by atoms with Crippen molar-refractivity contribution in [3.05, 3.63) is 53.8 Å². The van der Waals surface area contributed by atoms with Gasteiger partial charge in [-0.15, -0.1) is 0 Å². The van der Waals surface area contributed by atoms with Gasteiger partial charge in [-0.25, -0.2) is 9.37 Å². The molecule has 29 heavy (non-hydrogen) atoms. The van der Waals surface area contributed by atoms with E-state index >= 15 is 0 Å². The van der Waals surface area contributed by atoms with Crippen LogP contribution in [-0.2, 0) is 0 Å². The number of hydrogen-bond acceptors (Lipinski definition) is 5. The van der Waals surface area contributed by atoms with E-state index < -0.39 is 0 Å². The first-order valence-electron chi connectivity index (χ1n) is 10.4. The number of para-hydroxylation sites is 1. The highest BCUT2D eigenvalue weighted by atomic mass is 32.1. The van der Waals surface area contributed by atoms with Crippen molar-refractivity contribution in [2.45, 2.75) is 44.8 Å². The van der Waals surface area contributed by atoms with Gasteiger partial charge in [-0.05, 0) is 61.1 Å². The average Bonchev–Trinajstić information content (AvgIpc) is 3.19. The fraction of sp³-hybridized carbons (Fsp3) is 0.435. The third-order valence-corrected chi connectivity index (χ3v) is 6.70. The molecule has 0 amide bonds. The van der Waals surface area contributed by atoms with Gasteiger partial charge in [-0.3, -0.25) is 4.90 Å². The molecule has 2 aromatic carbocycles. The molecule has 1 atom stereocenters. The summed E-state index contributed by atoms with van der Waals surface area (Å²) in [6.07, 6.45) is 4.25. The van der Waals surface area contributed by atoms with Gasteiger partial charge in [0.25, 0.3) is 0 Å². The third-order valence-electron chi connectivity index (χ3n) is 5.66. The molecule has 154 valence electrons. The molecule has 1 aliphatic heterocycles. The molecule has 1 saturated heterocycles. The van der Waals surface area contributed by atoms with Crippen LogP contribution in [0.3, 0.4) is 0 Å². The number of benzene rings is 2. The summed E-state index contributed by atoms with van der Waals surface area (Å²) in [4.78, 5) is 7.23. The lowest BCUT2D eigenvalue weighted by molar-refractivity contribution is 0.00247. The Kier molecular flexibility index (Phi) is 6.31. The first kappa shape index (κ1) is 20.1. The molecular weight excluding hydrogens is 385 g/mol. The van der Waals surface area contributed by atoms with Crippen molar-refractivity contribution >= 4 is 26.7 Å². The number of fused-ring (bicyclic) bond motifs is 1. The minimum absolute atomic E-state index is 0.0392. The van der Waals surface area contributed by atoms with E-state index in [1.165, 1.54) is 22.4 Å². The Morgan fingerprint density at radius 1 is 1.21 bits per heavy atom. The Bertz CT molecular complexity index is 935. The summed E-state index contributed by atoms with van der Waals surface area (Å²) in [7, 11) is 1.92. The van der Waals surface area contributed by atoms with Gasteiger partial charge in [0.1, 0.15) is 11.6 Å². The fourth-order valence-corrected chi connectivity index (χ4v) is 4.99. The summed E-state index contributed by atoms with van der Waals surface area (Å²) in [5.41, 5.74) is 2.51. The lowest BCUT2D eigenvalue weighted by Gasteiger charge is -2.37. The topological polar surface area (TPSA) is 37.4 Å². The van der Waals surface area contributed by atoms with E-state index in [4.69, 9.17) is 9.72 Å². The highest BCUT2D eigenvalue weighted by Crippen LogP contribution is 2.36. The number of aromatic nitrogens is 1. The maximum absolute atomic E-state index is 13.2. The van der Waals surface area contributed by atoms with Gasteiger partial charge in [0, 0.05) is 20.1 Å². The van der Waals surface area contributed by atoms with Crippen molar-refractivity contribution in [1.82, 2.24) is 9.88 Å². The van der Waals surface area contributed by atoms with E-state index in [2.05, 4.69) is 35.3 Å². The molecule has 0 radical (unpaired) electrons. The third kappa shape index (κ3) is 4.54. The minimum atomic E-state index is -0.233. The van der Waals surface area contributed by atoms with Crippen LogP contribution in [0.2, 0.25) is 0 Å². The van der Waals surface area contributed by atoms with Crippen molar-refractivity contribution in [2.75, 3.05) is 25.5 Å². The highest BCUT2D eigenvalue weighted by Gasteiger charge is 2.28. The van der Waals surface area contributed by atoms with E-state index in [-0.39, 0.29) is 12.0 Å². The maximum atomic E-state index is 13.2. The molecule has 6 heteroatoms. The fourth-order valence-electron chi connectivity index (χ4n) is 4.14. The zero-order valence-electron chi connectivity index (χ0n) is 17.0. The van der Waals surface area contributed by atoms with Gasteiger partial charge in [0.15, 0.2) is 11.4 Å². The molecule has 4 nitrogen and oxygen atoms in total. The normalized spacial score (nSPS) is 16.8. The van der Waals surface area contributed by atoms with Crippen LogP contribution in [-0.4, -0.2) is 36.2 Å². The van der Waals surface area contributed by atoms with Crippen molar-refractivity contribution < 1.29 is 9.13 Å². The van der Waals surface area contributed by atoms with Crippen LogP contribution >= 0.6 is 11.3 Å². The number of nitrogens with zero attached hydrogens (tertiary/aromatic N) is 2. The monoisotopic (exact) mass is 413 g/mol. The highest BCUT2D eigenvalue weighted by molar-refractivity contribution is 7.22.